The molecule has 1 aromatic carbocycles. The number of nitrogens with zero attached hydrogens (tertiary/aromatic N) is 2. The average molecular weight is 345 g/mol. The SMILES string of the molecule is O=C(C1Cc2ccncc2C1)N1CCCCC1c1cc2ccccc2[nH]1. The van der Waals surface area contributed by atoms with E-state index < -0.39 is 0 Å². The van der Waals surface area contributed by atoms with E-state index in [1.165, 1.54) is 28.6 Å². The number of hydrogen-bond acceptors (Lipinski definition) is 2. The van der Waals surface area contributed by atoms with Gasteiger partial charge in [-0.1, -0.05) is 18.2 Å². The fourth-order valence-electron chi connectivity index (χ4n) is 4.65. The van der Waals surface area contributed by atoms with Gasteiger partial charge < -0.3 is 9.88 Å². The van der Waals surface area contributed by atoms with Gasteiger partial charge in [0.2, 0.25) is 5.91 Å². The van der Waals surface area contributed by atoms with Crippen LogP contribution >= 0.6 is 0 Å². The number of aromatic amines is 1. The number of carbonyl (C=O) groups is 1. The van der Waals surface area contributed by atoms with Gasteiger partial charge in [-0.15, -0.1) is 0 Å². The van der Waals surface area contributed by atoms with Crippen molar-refractivity contribution in [1.29, 1.82) is 0 Å². The van der Waals surface area contributed by atoms with E-state index in [-0.39, 0.29) is 12.0 Å². The molecule has 2 atom stereocenters. The molecule has 5 rings (SSSR count). The second-order valence-electron chi connectivity index (χ2n) is 7.60. The fraction of sp³-hybridized carbons (Fsp3) is 0.364. The molecular weight excluding hydrogens is 322 g/mol. The molecule has 4 nitrogen and oxygen atoms in total. The summed E-state index contributed by atoms with van der Waals surface area (Å²) in [5, 5.41) is 1.22. The first kappa shape index (κ1) is 15.6. The molecule has 0 radical (unpaired) electrons. The number of hydrogen-bond donors (Lipinski definition) is 1. The predicted octanol–water partition coefficient (Wildman–Crippen LogP) is 4.03. The Kier molecular flexibility index (Phi) is 3.77. The van der Waals surface area contributed by atoms with Crippen molar-refractivity contribution in [2.45, 2.75) is 38.1 Å². The van der Waals surface area contributed by atoms with Crippen molar-refractivity contribution in [3.05, 3.63) is 65.6 Å². The molecule has 4 heteroatoms. The Morgan fingerprint density at radius 1 is 1.12 bits per heavy atom. The third-order valence-electron chi connectivity index (χ3n) is 5.98. The fourth-order valence-corrected chi connectivity index (χ4v) is 4.65. The van der Waals surface area contributed by atoms with E-state index in [2.05, 4.69) is 51.3 Å². The Hall–Kier alpha value is -2.62. The smallest absolute Gasteiger partial charge is 0.226 e. The Labute approximate surface area is 153 Å². The van der Waals surface area contributed by atoms with Crippen LogP contribution in [0.2, 0.25) is 0 Å². The van der Waals surface area contributed by atoms with E-state index in [9.17, 15) is 4.79 Å². The van der Waals surface area contributed by atoms with Gasteiger partial charge in [-0.3, -0.25) is 9.78 Å². The molecule has 26 heavy (non-hydrogen) atoms. The van der Waals surface area contributed by atoms with Crippen LogP contribution in [0.15, 0.2) is 48.8 Å². The lowest BCUT2D eigenvalue weighted by atomic mass is 9.95. The zero-order valence-electron chi connectivity index (χ0n) is 14.8. The molecule has 2 unspecified atom stereocenters. The van der Waals surface area contributed by atoms with Gasteiger partial charge >= 0.3 is 0 Å². The molecule has 1 amide bonds. The summed E-state index contributed by atoms with van der Waals surface area (Å²) in [5.41, 5.74) is 4.86. The van der Waals surface area contributed by atoms with Crippen molar-refractivity contribution in [3.63, 3.8) is 0 Å². The van der Waals surface area contributed by atoms with Crippen LogP contribution in [-0.2, 0) is 17.6 Å². The van der Waals surface area contributed by atoms with Crippen LogP contribution in [0.5, 0.6) is 0 Å². The number of nitrogens with one attached hydrogen (secondary N) is 1. The van der Waals surface area contributed by atoms with E-state index in [0.717, 1.165) is 37.7 Å². The Balaban J connectivity index is 1.42. The molecule has 3 heterocycles. The number of carbonyl (C=O) groups excluding carboxylic acids is 1. The highest BCUT2D eigenvalue weighted by atomic mass is 16.2. The lowest BCUT2D eigenvalue weighted by Gasteiger charge is -2.37. The maximum Gasteiger partial charge on any atom is 0.226 e. The highest BCUT2D eigenvalue weighted by molar-refractivity contribution is 5.83. The topological polar surface area (TPSA) is 49.0 Å². The van der Waals surface area contributed by atoms with E-state index in [1.54, 1.807) is 0 Å². The van der Waals surface area contributed by atoms with Crippen molar-refractivity contribution in [1.82, 2.24) is 14.9 Å². The monoisotopic (exact) mass is 345 g/mol. The van der Waals surface area contributed by atoms with Crippen molar-refractivity contribution in [3.8, 4) is 0 Å². The second kappa shape index (κ2) is 6.27. The molecule has 1 aliphatic heterocycles. The number of piperidine rings is 1. The summed E-state index contributed by atoms with van der Waals surface area (Å²) in [5.74, 6) is 0.378. The quantitative estimate of drug-likeness (QED) is 0.762. The van der Waals surface area contributed by atoms with Gasteiger partial charge in [0.25, 0.3) is 0 Å². The van der Waals surface area contributed by atoms with E-state index in [1.807, 2.05) is 12.4 Å². The molecule has 0 bridgehead atoms. The number of rotatable bonds is 2. The van der Waals surface area contributed by atoms with Gasteiger partial charge in [0.05, 0.1) is 6.04 Å². The third-order valence-corrected chi connectivity index (χ3v) is 5.98. The molecule has 2 aliphatic rings. The molecular formula is C22H23N3O. The number of para-hydroxylation sites is 1. The minimum atomic E-state index is 0.0687. The van der Waals surface area contributed by atoms with Crippen molar-refractivity contribution in [2.75, 3.05) is 6.54 Å². The van der Waals surface area contributed by atoms with Crippen LogP contribution in [0.4, 0.5) is 0 Å². The summed E-state index contributed by atoms with van der Waals surface area (Å²) in [6.45, 7) is 0.865. The molecule has 0 saturated carbocycles. The Morgan fingerprint density at radius 2 is 2.00 bits per heavy atom. The van der Waals surface area contributed by atoms with Crippen molar-refractivity contribution < 1.29 is 4.79 Å². The minimum Gasteiger partial charge on any atom is -0.357 e. The molecule has 132 valence electrons. The second-order valence-corrected chi connectivity index (χ2v) is 7.60. The largest absolute Gasteiger partial charge is 0.357 e. The molecule has 1 fully saturated rings. The zero-order valence-corrected chi connectivity index (χ0v) is 14.8. The number of pyridine rings is 1. The summed E-state index contributed by atoms with van der Waals surface area (Å²) in [4.78, 5) is 23.3. The van der Waals surface area contributed by atoms with Crippen LogP contribution in [0.1, 0.15) is 42.1 Å². The van der Waals surface area contributed by atoms with Crippen LogP contribution in [0, 0.1) is 5.92 Å². The van der Waals surface area contributed by atoms with Crippen molar-refractivity contribution >= 4 is 16.8 Å². The van der Waals surface area contributed by atoms with E-state index in [4.69, 9.17) is 0 Å². The lowest BCUT2D eigenvalue weighted by molar-refractivity contribution is -0.139. The van der Waals surface area contributed by atoms with Crippen LogP contribution in [0.25, 0.3) is 10.9 Å². The van der Waals surface area contributed by atoms with E-state index in [0.29, 0.717) is 5.91 Å². The van der Waals surface area contributed by atoms with Crippen LogP contribution in [0.3, 0.4) is 0 Å². The first-order valence-electron chi connectivity index (χ1n) is 9.59. The number of amides is 1. The number of benzene rings is 1. The van der Waals surface area contributed by atoms with Gasteiger partial charge in [0, 0.05) is 36.1 Å². The normalized spacial score (nSPS) is 22.5. The van der Waals surface area contributed by atoms with Gasteiger partial charge in [-0.05, 0) is 66.8 Å². The molecule has 3 aromatic rings. The van der Waals surface area contributed by atoms with Crippen LogP contribution in [-0.4, -0.2) is 27.3 Å². The summed E-state index contributed by atoms with van der Waals surface area (Å²) in [6, 6.07) is 12.8. The highest BCUT2D eigenvalue weighted by Crippen LogP contribution is 2.35. The third kappa shape index (κ3) is 2.61. The summed E-state index contributed by atoms with van der Waals surface area (Å²) in [6.07, 6.45) is 8.76. The van der Waals surface area contributed by atoms with Gasteiger partial charge in [0.15, 0.2) is 0 Å². The summed E-state index contributed by atoms with van der Waals surface area (Å²) < 4.78 is 0. The standard InChI is InChI=1S/C22H23N3O/c26-22(17-11-15-8-9-23-14-18(15)12-17)25-10-4-3-7-21(25)20-13-16-5-1-2-6-19(16)24-20/h1-2,5-6,8-9,13-14,17,21,24H,3-4,7,10-12H2. The first-order chi connectivity index (χ1) is 12.8. The van der Waals surface area contributed by atoms with Gasteiger partial charge in [-0.2, -0.15) is 0 Å². The number of likely N-dealkylation sites (tertiary alicyclic amines) is 1. The summed E-state index contributed by atoms with van der Waals surface area (Å²) >= 11 is 0. The minimum absolute atomic E-state index is 0.0687. The van der Waals surface area contributed by atoms with Gasteiger partial charge in [-0.25, -0.2) is 0 Å². The number of aromatic nitrogens is 2. The highest BCUT2D eigenvalue weighted by Gasteiger charge is 2.36. The Bertz CT molecular complexity index is 903. The van der Waals surface area contributed by atoms with Crippen molar-refractivity contribution in [2.24, 2.45) is 5.92 Å². The average Bonchev–Trinajstić information content (AvgIpc) is 3.31. The Morgan fingerprint density at radius 3 is 2.88 bits per heavy atom. The van der Waals surface area contributed by atoms with Crippen LogP contribution < -0.4 is 0 Å². The van der Waals surface area contributed by atoms with E-state index >= 15 is 0 Å². The predicted molar refractivity (Wildman–Crippen MR) is 102 cm³/mol. The molecule has 1 aliphatic carbocycles. The molecule has 1 saturated heterocycles. The maximum atomic E-state index is 13.4. The molecule has 2 aromatic heterocycles. The maximum absolute atomic E-state index is 13.4. The molecule has 0 spiro atoms. The first-order valence-corrected chi connectivity index (χ1v) is 9.59. The lowest BCUT2D eigenvalue weighted by Crippen LogP contribution is -2.42. The molecule has 1 N–H and O–H groups in total. The van der Waals surface area contributed by atoms with Gasteiger partial charge in [0.1, 0.15) is 0 Å². The zero-order chi connectivity index (χ0) is 17.5. The number of fused-ring (bicyclic) bond motifs is 2. The summed E-state index contributed by atoms with van der Waals surface area (Å²) in [7, 11) is 0. The number of H-pyrrole nitrogens is 1.